The van der Waals surface area contributed by atoms with Gasteiger partial charge >= 0.3 is 0 Å². The van der Waals surface area contributed by atoms with Gasteiger partial charge in [-0.05, 0) is 53.5 Å². The van der Waals surface area contributed by atoms with Crippen molar-refractivity contribution in [3.63, 3.8) is 0 Å². The summed E-state index contributed by atoms with van der Waals surface area (Å²) in [6.07, 6.45) is 0. The van der Waals surface area contributed by atoms with Crippen LogP contribution >= 0.6 is 15.9 Å². The van der Waals surface area contributed by atoms with Crippen LogP contribution < -0.4 is 9.46 Å². The van der Waals surface area contributed by atoms with Gasteiger partial charge in [0, 0.05) is 6.04 Å². The maximum absolute atomic E-state index is 12.5. The van der Waals surface area contributed by atoms with Crippen LogP contribution in [0.5, 0.6) is 5.75 Å². The van der Waals surface area contributed by atoms with Crippen LogP contribution in [0.2, 0.25) is 0 Å². The number of nitrogens with one attached hydrogen (secondary N) is 1. The molecule has 1 unspecified atom stereocenters. The minimum Gasteiger partial charge on any atom is -0.496 e. The largest absolute Gasteiger partial charge is 0.496 e. The molecule has 6 heteroatoms. The Bertz CT molecular complexity index is 757. The average molecular weight is 384 g/mol. The van der Waals surface area contributed by atoms with Crippen LogP contribution in [0.15, 0.2) is 51.8 Å². The summed E-state index contributed by atoms with van der Waals surface area (Å²) in [5, 5.41) is 0. The molecule has 4 nitrogen and oxygen atoms in total. The second-order valence-electron chi connectivity index (χ2n) is 5.05. The van der Waals surface area contributed by atoms with Crippen molar-refractivity contribution in [3.05, 3.63) is 58.1 Å². The smallest absolute Gasteiger partial charge is 0.241 e. The zero-order valence-electron chi connectivity index (χ0n) is 12.6. The number of benzene rings is 2. The summed E-state index contributed by atoms with van der Waals surface area (Å²) in [7, 11) is -2.07. The highest BCUT2D eigenvalue weighted by Gasteiger charge is 2.19. The van der Waals surface area contributed by atoms with Crippen molar-refractivity contribution in [2.75, 3.05) is 7.11 Å². The van der Waals surface area contributed by atoms with Crippen LogP contribution in [-0.4, -0.2) is 15.5 Å². The molecule has 0 saturated carbocycles. The van der Waals surface area contributed by atoms with Gasteiger partial charge in [0.1, 0.15) is 5.75 Å². The number of rotatable bonds is 5. The third-order valence-electron chi connectivity index (χ3n) is 3.34. The van der Waals surface area contributed by atoms with Crippen molar-refractivity contribution < 1.29 is 13.2 Å². The van der Waals surface area contributed by atoms with Crippen LogP contribution in [0.4, 0.5) is 0 Å². The van der Waals surface area contributed by atoms with Gasteiger partial charge in [0.15, 0.2) is 0 Å². The quantitative estimate of drug-likeness (QED) is 0.853. The standard InChI is InChI=1S/C16H18BrNO3S/c1-11-4-6-13(7-5-11)12(2)18-22(19,20)14-8-9-16(21-3)15(17)10-14/h4-10,12,18H,1-3H3. The Morgan fingerprint density at radius 2 is 1.77 bits per heavy atom. The van der Waals surface area contributed by atoms with Crippen LogP contribution in [0, 0.1) is 6.92 Å². The van der Waals surface area contributed by atoms with Gasteiger partial charge < -0.3 is 4.74 Å². The van der Waals surface area contributed by atoms with Crippen molar-refractivity contribution >= 4 is 26.0 Å². The predicted molar refractivity (Wildman–Crippen MR) is 90.6 cm³/mol. The Labute approximate surface area is 139 Å². The summed E-state index contributed by atoms with van der Waals surface area (Å²) in [6.45, 7) is 3.81. The van der Waals surface area contributed by atoms with Crippen LogP contribution in [0.25, 0.3) is 0 Å². The molecule has 118 valence electrons. The van der Waals surface area contributed by atoms with E-state index in [1.54, 1.807) is 6.07 Å². The van der Waals surface area contributed by atoms with E-state index in [1.807, 2.05) is 38.1 Å². The molecule has 0 spiro atoms. The van der Waals surface area contributed by atoms with Gasteiger partial charge in [0.2, 0.25) is 10.0 Å². The highest BCUT2D eigenvalue weighted by atomic mass is 79.9. The molecular weight excluding hydrogens is 366 g/mol. The molecule has 22 heavy (non-hydrogen) atoms. The number of methoxy groups -OCH3 is 1. The lowest BCUT2D eigenvalue weighted by Crippen LogP contribution is -2.26. The minimum atomic E-state index is -3.60. The highest BCUT2D eigenvalue weighted by molar-refractivity contribution is 9.10. The number of hydrogen-bond acceptors (Lipinski definition) is 3. The van der Waals surface area contributed by atoms with Gasteiger partial charge in [-0.2, -0.15) is 0 Å². The molecule has 0 bridgehead atoms. The Kier molecular flexibility index (Phi) is 5.26. The highest BCUT2D eigenvalue weighted by Crippen LogP contribution is 2.28. The Hall–Kier alpha value is -1.37. The molecule has 2 aromatic carbocycles. The van der Waals surface area contributed by atoms with Gasteiger partial charge in [-0.3, -0.25) is 0 Å². The fourth-order valence-electron chi connectivity index (χ4n) is 2.04. The molecule has 0 radical (unpaired) electrons. The third kappa shape index (κ3) is 3.88. The van der Waals surface area contributed by atoms with E-state index in [1.165, 1.54) is 19.2 Å². The molecule has 2 aromatic rings. The molecule has 0 aromatic heterocycles. The number of hydrogen-bond donors (Lipinski definition) is 1. The molecule has 0 fully saturated rings. The first-order chi connectivity index (χ1) is 10.3. The average Bonchev–Trinajstić information content (AvgIpc) is 2.47. The molecule has 1 N–H and O–H groups in total. The Morgan fingerprint density at radius 3 is 2.32 bits per heavy atom. The number of sulfonamides is 1. The van der Waals surface area contributed by atoms with Gasteiger partial charge in [0.05, 0.1) is 16.5 Å². The molecular formula is C16H18BrNO3S. The monoisotopic (exact) mass is 383 g/mol. The van der Waals surface area contributed by atoms with E-state index in [2.05, 4.69) is 20.7 Å². The van der Waals surface area contributed by atoms with Gasteiger partial charge in [-0.25, -0.2) is 13.1 Å². The molecule has 0 saturated heterocycles. The fourth-order valence-corrected chi connectivity index (χ4v) is 3.99. The molecule has 1 atom stereocenters. The summed E-state index contributed by atoms with van der Waals surface area (Å²) < 4.78 is 33.3. The Morgan fingerprint density at radius 1 is 1.14 bits per heavy atom. The first-order valence-corrected chi connectivity index (χ1v) is 9.03. The molecule has 0 aliphatic carbocycles. The molecule has 0 amide bonds. The number of aryl methyl sites for hydroxylation is 1. The second-order valence-corrected chi connectivity index (χ2v) is 7.62. The number of ether oxygens (including phenoxy) is 1. The number of halogens is 1. The van der Waals surface area contributed by atoms with Crippen LogP contribution in [0.3, 0.4) is 0 Å². The van der Waals surface area contributed by atoms with E-state index < -0.39 is 10.0 Å². The van der Waals surface area contributed by atoms with Crippen LogP contribution in [0.1, 0.15) is 24.1 Å². The molecule has 0 aliphatic rings. The predicted octanol–water partition coefficient (Wildman–Crippen LogP) is 3.81. The lowest BCUT2D eigenvalue weighted by atomic mass is 10.1. The first kappa shape index (κ1) is 17.0. The summed E-state index contributed by atoms with van der Waals surface area (Å²) in [5.74, 6) is 0.588. The van der Waals surface area contributed by atoms with Crippen molar-refractivity contribution in [2.45, 2.75) is 24.8 Å². The maximum atomic E-state index is 12.5. The first-order valence-electron chi connectivity index (χ1n) is 6.76. The van der Waals surface area contributed by atoms with Crippen molar-refractivity contribution in [1.82, 2.24) is 4.72 Å². The Balaban J connectivity index is 2.23. The summed E-state index contributed by atoms with van der Waals surface area (Å²) in [4.78, 5) is 0.194. The molecule has 0 aliphatic heterocycles. The van der Waals surface area contributed by atoms with Crippen molar-refractivity contribution in [1.29, 1.82) is 0 Å². The topological polar surface area (TPSA) is 55.4 Å². The minimum absolute atomic E-state index is 0.194. The summed E-state index contributed by atoms with van der Waals surface area (Å²) >= 11 is 3.30. The fraction of sp³-hybridized carbons (Fsp3) is 0.250. The normalized spacial score (nSPS) is 12.9. The van der Waals surface area contributed by atoms with E-state index in [0.717, 1.165) is 11.1 Å². The van der Waals surface area contributed by atoms with Crippen LogP contribution in [-0.2, 0) is 10.0 Å². The molecule has 0 heterocycles. The van der Waals surface area contributed by atoms with E-state index in [9.17, 15) is 8.42 Å². The van der Waals surface area contributed by atoms with Gasteiger partial charge in [0.25, 0.3) is 0 Å². The lowest BCUT2D eigenvalue weighted by molar-refractivity contribution is 0.411. The third-order valence-corrected chi connectivity index (χ3v) is 5.50. The lowest BCUT2D eigenvalue weighted by Gasteiger charge is -2.15. The SMILES string of the molecule is COc1ccc(S(=O)(=O)NC(C)c2ccc(C)cc2)cc1Br. The van der Waals surface area contributed by atoms with E-state index in [4.69, 9.17) is 4.74 Å². The van der Waals surface area contributed by atoms with E-state index in [-0.39, 0.29) is 10.9 Å². The van der Waals surface area contributed by atoms with E-state index >= 15 is 0 Å². The van der Waals surface area contributed by atoms with E-state index in [0.29, 0.717) is 10.2 Å². The van der Waals surface area contributed by atoms with Crippen molar-refractivity contribution in [2.24, 2.45) is 0 Å². The van der Waals surface area contributed by atoms with Crippen molar-refractivity contribution in [3.8, 4) is 5.75 Å². The van der Waals surface area contributed by atoms with Gasteiger partial charge in [-0.15, -0.1) is 0 Å². The van der Waals surface area contributed by atoms with Gasteiger partial charge in [-0.1, -0.05) is 29.8 Å². The summed E-state index contributed by atoms with van der Waals surface area (Å²) in [6, 6.07) is 12.1. The second kappa shape index (κ2) is 6.81. The maximum Gasteiger partial charge on any atom is 0.241 e. The zero-order valence-corrected chi connectivity index (χ0v) is 15.0. The molecule has 2 rings (SSSR count). The summed E-state index contributed by atoms with van der Waals surface area (Å²) in [5.41, 5.74) is 2.06. The zero-order chi connectivity index (χ0) is 16.3.